The van der Waals surface area contributed by atoms with Gasteiger partial charge in [0, 0.05) is 0 Å². The molecule has 0 bridgehead atoms. The minimum absolute atomic E-state index is 1.21. The van der Waals surface area contributed by atoms with Crippen LogP contribution in [0.15, 0.2) is 194 Å². The molecule has 0 heteroatoms. The largest absolute Gasteiger partial charge is 0.0622 e. The lowest BCUT2D eigenvalue weighted by molar-refractivity contribution is 1.58. The fourth-order valence-electron chi connectivity index (χ4n) is 7.64. The quantitative estimate of drug-likeness (QED) is 0.171. The SMILES string of the molecule is c1ccc(-c2ccccc2-c2c3ccccc3c(-c3cccc(-c4cccc5ccccc45)c3-c3ccccc3)c3ccccc23)cc1. The molecule has 0 nitrogen and oxygen atoms in total. The van der Waals surface area contributed by atoms with Gasteiger partial charge in [0.2, 0.25) is 0 Å². The monoisotopic (exact) mass is 608 g/mol. The Kier molecular flexibility index (Phi) is 6.91. The zero-order valence-corrected chi connectivity index (χ0v) is 26.5. The van der Waals surface area contributed by atoms with E-state index in [2.05, 4.69) is 194 Å². The lowest BCUT2D eigenvalue weighted by Gasteiger charge is -2.22. The summed E-state index contributed by atoms with van der Waals surface area (Å²) in [4.78, 5) is 0. The zero-order chi connectivity index (χ0) is 31.9. The van der Waals surface area contributed by atoms with Crippen LogP contribution in [0.1, 0.15) is 0 Å². The Labute approximate surface area is 281 Å². The molecule has 0 fully saturated rings. The maximum Gasteiger partial charge on any atom is -0.00199 e. The van der Waals surface area contributed by atoms with E-state index in [1.807, 2.05) is 0 Å². The van der Waals surface area contributed by atoms with E-state index in [4.69, 9.17) is 0 Å². The summed E-state index contributed by atoms with van der Waals surface area (Å²) in [6.07, 6.45) is 0. The van der Waals surface area contributed by atoms with Crippen molar-refractivity contribution in [2.75, 3.05) is 0 Å². The van der Waals surface area contributed by atoms with Gasteiger partial charge in [-0.2, -0.15) is 0 Å². The zero-order valence-electron chi connectivity index (χ0n) is 26.5. The summed E-state index contributed by atoms with van der Waals surface area (Å²) in [7, 11) is 0. The summed E-state index contributed by atoms with van der Waals surface area (Å²) in [5, 5.41) is 7.52. The molecule has 224 valence electrons. The average Bonchev–Trinajstić information content (AvgIpc) is 3.17. The Morgan fingerprint density at radius 3 is 1.23 bits per heavy atom. The van der Waals surface area contributed by atoms with Gasteiger partial charge >= 0.3 is 0 Å². The first-order valence-corrected chi connectivity index (χ1v) is 16.6. The maximum atomic E-state index is 2.32. The highest BCUT2D eigenvalue weighted by atomic mass is 14.2. The van der Waals surface area contributed by atoms with Crippen LogP contribution in [-0.4, -0.2) is 0 Å². The second-order valence-electron chi connectivity index (χ2n) is 12.4. The van der Waals surface area contributed by atoms with Gasteiger partial charge in [-0.05, 0) is 88.0 Å². The molecule has 0 aromatic heterocycles. The first-order valence-electron chi connectivity index (χ1n) is 16.6. The molecular weight excluding hydrogens is 577 g/mol. The van der Waals surface area contributed by atoms with Crippen LogP contribution in [0.4, 0.5) is 0 Å². The molecule has 9 rings (SSSR count). The van der Waals surface area contributed by atoms with E-state index in [1.54, 1.807) is 0 Å². The van der Waals surface area contributed by atoms with Gasteiger partial charge in [-0.25, -0.2) is 0 Å². The van der Waals surface area contributed by atoms with Crippen LogP contribution < -0.4 is 0 Å². The molecule has 48 heavy (non-hydrogen) atoms. The van der Waals surface area contributed by atoms with E-state index in [0.717, 1.165) is 0 Å². The molecule has 0 heterocycles. The molecule has 9 aromatic rings. The first-order chi connectivity index (χ1) is 23.9. The highest BCUT2D eigenvalue weighted by Crippen LogP contribution is 2.49. The number of rotatable bonds is 5. The van der Waals surface area contributed by atoms with Gasteiger partial charge < -0.3 is 0 Å². The van der Waals surface area contributed by atoms with Crippen molar-refractivity contribution in [2.24, 2.45) is 0 Å². The molecule has 0 aliphatic carbocycles. The van der Waals surface area contributed by atoms with Crippen LogP contribution >= 0.6 is 0 Å². The normalized spacial score (nSPS) is 11.3. The van der Waals surface area contributed by atoms with Crippen LogP contribution in [0, 0.1) is 0 Å². The number of fused-ring (bicyclic) bond motifs is 3. The van der Waals surface area contributed by atoms with Crippen molar-refractivity contribution in [2.45, 2.75) is 0 Å². The predicted octanol–water partition coefficient (Wildman–Crippen LogP) is 13.5. The Morgan fingerprint density at radius 1 is 0.188 bits per heavy atom. The van der Waals surface area contributed by atoms with Gasteiger partial charge in [0.25, 0.3) is 0 Å². The minimum Gasteiger partial charge on any atom is -0.0622 e. The summed E-state index contributed by atoms with van der Waals surface area (Å²) in [5.74, 6) is 0. The smallest absolute Gasteiger partial charge is 0.00199 e. The average molecular weight is 609 g/mol. The van der Waals surface area contributed by atoms with Gasteiger partial charge in [0.1, 0.15) is 0 Å². The van der Waals surface area contributed by atoms with Crippen molar-refractivity contribution in [3.05, 3.63) is 194 Å². The van der Waals surface area contributed by atoms with Crippen LogP contribution in [-0.2, 0) is 0 Å². The summed E-state index contributed by atoms with van der Waals surface area (Å²) >= 11 is 0. The van der Waals surface area contributed by atoms with Gasteiger partial charge in [-0.15, -0.1) is 0 Å². The van der Waals surface area contributed by atoms with E-state index in [0.29, 0.717) is 0 Å². The second kappa shape index (κ2) is 11.8. The lowest BCUT2D eigenvalue weighted by Crippen LogP contribution is -1.95. The minimum atomic E-state index is 1.21. The highest BCUT2D eigenvalue weighted by Gasteiger charge is 2.22. The van der Waals surface area contributed by atoms with E-state index in [-0.39, 0.29) is 0 Å². The second-order valence-corrected chi connectivity index (χ2v) is 12.4. The standard InChI is InChI=1S/C48H32/c1-3-17-33(18-4-1)37-24-9-10-25-39(37)47-41-26-11-13-28-43(41)48(44-29-14-12-27-42(44)47)45-32-16-31-40(46(45)35-20-5-2-6-21-35)38-30-15-22-34-19-7-8-23-36(34)38/h1-32H. The fraction of sp³-hybridized carbons (Fsp3) is 0. The van der Waals surface area contributed by atoms with Crippen LogP contribution in [0.3, 0.4) is 0 Å². The molecule has 0 N–H and O–H groups in total. The van der Waals surface area contributed by atoms with Gasteiger partial charge in [0.05, 0.1) is 0 Å². The fourth-order valence-corrected chi connectivity index (χ4v) is 7.64. The highest BCUT2D eigenvalue weighted by molar-refractivity contribution is 6.24. The molecule has 0 aliphatic heterocycles. The molecule has 0 atom stereocenters. The van der Waals surface area contributed by atoms with Crippen molar-refractivity contribution in [3.63, 3.8) is 0 Å². The topological polar surface area (TPSA) is 0 Å². The third-order valence-corrected chi connectivity index (χ3v) is 9.69. The van der Waals surface area contributed by atoms with Gasteiger partial charge in [0.15, 0.2) is 0 Å². The molecule has 0 saturated carbocycles. The Morgan fingerprint density at radius 2 is 0.583 bits per heavy atom. The van der Waals surface area contributed by atoms with Crippen molar-refractivity contribution in [3.8, 4) is 55.6 Å². The van der Waals surface area contributed by atoms with Crippen molar-refractivity contribution < 1.29 is 0 Å². The van der Waals surface area contributed by atoms with E-state index in [9.17, 15) is 0 Å². The molecular formula is C48H32. The van der Waals surface area contributed by atoms with Crippen molar-refractivity contribution >= 4 is 32.3 Å². The van der Waals surface area contributed by atoms with Crippen LogP contribution in [0.25, 0.3) is 88.0 Å². The molecule has 9 aromatic carbocycles. The Hall–Kier alpha value is -6.24. The summed E-state index contributed by atoms with van der Waals surface area (Å²) < 4.78 is 0. The van der Waals surface area contributed by atoms with E-state index < -0.39 is 0 Å². The summed E-state index contributed by atoms with van der Waals surface area (Å²) in [6, 6.07) is 70.7. The molecule has 0 unspecified atom stereocenters. The Bertz CT molecular complexity index is 2530. The van der Waals surface area contributed by atoms with Gasteiger partial charge in [-0.3, -0.25) is 0 Å². The number of benzene rings is 9. The van der Waals surface area contributed by atoms with Crippen molar-refractivity contribution in [1.82, 2.24) is 0 Å². The summed E-state index contributed by atoms with van der Waals surface area (Å²) in [5.41, 5.74) is 12.4. The summed E-state index contributed by atoms with van der Waals surface area (Å²) in [6.45, 7) is 0. The van der Waals surface area contributed by atoms with Crippen LogP contribution in [0.2, 0.25) is 0 Å². The third-order valence-electron chi connectivity index (χ3n) is 9.69. The lowest BCUT2D eigenvalue weighted by atomic mass is 9.80. The van der Waals surface area contributed by atoms with Crippen LogP contribution in [0.5, 0.6) is 0 Å². The number of hydrogen-bond donors (Lipinski definition) is 0. The van der Waals surface area contributed by atoms with E-state index in [1.165, 1.54) is 88.0 Å². The molecule has 0 radical (unpaired) electrons. The molecule has 0 amide bonds. The molecule has 0 saturated heterocycles. The Balaban J connectivity index is 1.41. The third kappa shape index (κ3) is 4.62. The van der Waals surface area contributed by atoms with Crippen molar-refractivity contribution in [1.29, 1.82) is 0 Å². The number of hydrogen-bond acceptors (Lipinski definition) is 0. The van der Waals surface area contributed by atoms with E-state index >= 15 is 0 Å². The molecule has 0 spiro atoms. The predicted molar refractivity (Wildman–Crippen MR) is 206 cm³/mol. The first kappa shape index (κ1) is 28.0. The maximum absolute atomic E-state index is 2.32. The van der Waals surface area contributed by atoms with Gasteiger partial charge in [-0.1, -0.05) is 194 Å². The molecule has 0 aliphatic rings.